The molecular weight excluding hydrogens is 819 g/mol. The summed E-state index contributed by atoms with van der Waals surface area (Å²) in [5.41, 5.74) is 23.2. The Morgan fingerprint density at radius 1 is 0.544 bits per heavy atom. The quantitative estimate of drug-likeness (QED) is 0.154. The normalized spacial score (nSPS) is 18.0. The van der Waals surface area contributed by atoms with Crippen LogP contribution in [0.5, 0.6) is 0 Å². The first-order valence-corrected chi connectivity index (χ1v) is 25.4. The van der Waals surface area contributed by atoms with Gasteiger partial charge in [-0.15, -0.1) is 0 Å². The van der Waals surface area contributed by atoms with Gasteiger partial charge in [0.05, 0.1) is 6.04 Å². The summed E-state index contributed by atoms with van der Waals surface area (Å²) in [6.45, 7) is 25.9. The molecule has 1 atom stereocenters. The fourth-order valence-corrected chi connectivity index (χ4v) is 11.6. The number of nitrogens with zero attached hydrogens (tertiary/aromatic N) is 1. The lowest BCUT2D eigenvalue weighted by atomic mass is 9.78. The second-order valence-corrected chi connectivity index (χ2v) is 23.5. The number of hydrogen-bond acceptors (Lipinski definition) is 1. The molecule has 0 spiro atoms. The third-order valence-corrected chi connectivity index (χ3v) is 15.5. The Hall–Kier alpha value is -6.18. The zero-order valence-corrected chi connectivity index (χ0v) is 42.6. The summed E-state index contributed by atoms with van der Waals surface area (Å²) < 4.78 is 0. The molecule has 344 valence electrons. The van der Waals surface area contributed by atoms with E-state index in [0.717, 1.165) is 32.1 Å². The number of hydrogen-bond donors (Lipinski definition) is 0. The van der Waals surface area contributed by atoms with Crippen molar-refractivity contribution < 1.29 is 0 Å². The van der Waals surface area contributed by atoms with Gasteiger partial charge in [-0.25, -0.2) is 0 Å². The summed E-state index contributed by atoms with van der Waals surface area (Å²) in [5, 5.41) is 2.59. The van der Waals surface area contributed by atoms with Crippen molar-refractivity contribution in [1.29, 1.82) is 0 Å². The van der Waals surface area contributed by atoms with E-state index in [1.54, 1.807) is 0 Å². The number of fused-ring (bicyclic) bond motifs is 3. The third kappa shape index (κ3) is 8.10. The molecule has 6 aromatic rings. The SMILES string of the molecule is CC(C)(C)c1ccc(-c2ccccc2N(C2=C(c3cccc4c3C3=C(C=CCC3)C4(C)C)C=CCC2)C2CC=CC=C2c2cccc3cccc(-c4cc(C(C)(C)C)cc(C(C)(C)C)c4)c23)cc1. The van der Waals surface area contributed by atoms with Crippen LogP contribution in [-0.2, 0) is 21.7 Å². The van der Waals surface area contributed by atoms with Gasteiger partial charge < -0.3 is 4.90 Å². The Bertz CT molecular complexity index is 3110. The molecule has 1 nitrogen and oxygen atoms in total. The average molecular weight is 890 g/mol. The molecule has 1 heteroatoms. The molecule has 4 aliphatic carbocycles. The molecule has 0 N–H and O–H groups in total. The minimum Gasteiger partial charge on any atom is -0.336 e. The van der Waals surface area contributed by atoms with Gasteiger partial charge in [-0.1, -0.05) is 234 Å². The van der Waals surface area contributed by atoms with Crippen LogP contribution in [0.4, 0.5) is 5.69 Å². The summed E-state index contributed by atoms with van der Waals surface area (Å²) in [6, 6.07) is 47.2. The molecule has 0 saturated carbocycles. The molecule has 0 radical (unpaired) electrons. The van der Waals surface area contributed by atoms with E-state index >= 15 is 0 Å². The standard InChI is InChI=1S/C67H71N/c1-64(2,3)47-39-37-44(38-40-47)50-25-13-17-34-59(50)68(61-36-19-15-27-53(61)55-31-22-33-58-63(55)56-28-12-16-32-57(56)67(58,10)11)60-35-18-14-26-52(60)54-30-21-24-45-23-20-29-51(62(45)54)46-41-48(65(4,5)6)43-49(42-46)66(7,8)9/h13-18,20-27,29-34,37-43,60H,12,19,28,35-36H2,1-11H3. The topological polar surface area (TPSA) is 3.24 Å². The highest BCUT2D eigenvalue weighted by Crippen LogP contribution is 2.54. The van der Waals surface area contributed by atoms with Crippen LogP contribution in [-0.4, -0.2) is 6.04 Å². The van der Waals surface area contributed by atoms with Crippen molar-refractivity contribution in [2.75, 3.05) is 4.90 Å². The molecule has 0 bridgehead atoms. The van der Waals surface area contributed by atoms with Gasteiger partial charge in [0.2, 0.25) is 0 Å². The van der Waals surface area contributed by atoms with Gasteiger partial charge in [0.15, 0.2) is 0 Å². The second kappa shape index (κ2) is 17.1. The Labute approximate surface area is 408 Å². The Morgan fingerprint density at radius 3 is 1.87 bits per heavy atom. The molecule has 0 aromatic heterocycles. The molecule has 0 fully saturated rings. The van der Waals surface area contributed by atoms with E-state index in [2.05, 4.69) is 245 Å². The molecule has 0 saturated heterocycles. The van der Waals surface area contributed by atoms with Crippen LogP contribution in [0.2, 0.25) is 0 Å². The van der Waals surface area contributed by atoms with Crippen molar-refractivity contribution in [2.24, 2.45) is 0 Å². The molecule has 1 unspecified atom stereocenters. The van der Waals surface area contributed by atoms with Crippen molar-refractivity contribution >= 4 is 33.2 Å². The van der Waals surface area contributed by atoms with E-state index in [4.69, 9.17) is 0 Å². The lowest BCUT2D eigenvalue weighted by Crippen LogP contribution is -2.37. The Balaban J connectivity index is 1.23. The Kier molecular flexibility index (Phi) is 11.5. The second-order valence-electron chi connectivity index (χ2n) is 23.5. The van der Waals surface area contributed by atoms with E-state index in [1.807, 2.05) is 0 Å². The summed E-state index contributed by atoms with van der Waals surface area (Å²) in [4.78, 5) is 2.80. The van der Waals surface area contributed by atoms with Crippen LogP contribution in [0.3, 0.4) is 0 Å². The molecule has 0 aliphatic heterocycles. The van der Waals surface area contributed by atoms with Crippen LogP contribution in [0.1, 0.15) is 147 Å². The van der Waals surface area contributed by atoms with E-state index in [1.165, 1.54) is 106 Å². The predicted octanol–water partition coefficient (Wildman–Crippen LogP) is 18.4. The first-order chi connectivity index (χ1) is 32.4. The fraction of sp³-hybridized carbons (Fsp3) is 0.313. The average Bonchev–Trinajstić information content (AvgIpc) is 3.56. The number of allylic oxidation sites excluding steroid dienone is 10. The molecule has 68 heavy (non-hydrogen) atoms. The van der Waals surface area contributed by atoms with Gasteiger partial charge in [-0.05, 0) is 138 Å². The van der Waals surface area contributed by atoms with E-state index in [0.29, 0.717) is 0 Å². The van der Waals surface area contributed by atoms with E-state index in [9.17, 15) is 0 Å². The van der Waals surface area contributed by atoms with Crippen LogP contribution < -0.4 is 4.90 Å². The largest absolute Gasteiger partial charge is 0.336 e. The Morgan fingerprint density at radius 2 is 1.16 bits per heavy atom. The van der Waals surface area contributed by atoms with Crippen molar-refractivity contribution in [3.63, 3.8) is 0 Å². The first kappa shape index (κ1) is 45.6. The molecule has 0 heterocycles. The van der Waals surface area contributed by atoms with Crippen molar-refractivity contribution in [2.45, 2.75) is 136 Å². The monoisotopic (exact) mass is 890 g/mol. The lowest BCUT2D eigenvalue weighted by Gasteiger charge is -2.41. The zero-order valence-electron chi connectivity index (χ0n) is 42.6. The van der Waals surface area contributed by atoms with Gasteiger partial charge in [0, 0.05) is 27.9 Å². The number of rotatable bonds is 7. The predicted molar refractivity (Wildman–Crippen MR) is 295 cm³/mol. The van der Waals surface area contributed by atoms with Gasteiger partial charge in [0.1, 0.15) is 0 Å². The van der Waals surface area contributed by atoms with Crippen molar-refractivity contribution in [1.82, 2.24) is 0 Å². The number of para-hydroxylation sites is 1. The minimum atomic E-state index is -0.0433. The maximum Gasteiger partial charge on any atom is 0.0629 e. The van der Waals surface area contributed by atoms with Crippen molar-refractivity contribution in [3.8, 4) is 22.3 Å². The number of benzene rings is 6. The lowest BCUT2D eigenvalue weighted by molar-refractivity contribution is 0.569. The summed E-state index contributed by atoms with van der Waals surface area (Å²) in [5.74, 6) is 0. The summed E-state index contributed by atoms with van der Waals surface area (Å²) in [7, 11) is 0. The minimum absolute atomic E-state index is 0.00641. The third-order valence-electron chi connectivity index (χ3n) is 15.5. The molecule has 0 amide bonds. The summed E-state index contributed by atoms with van der Waals surface area (Å²) in [6.07, 6.45) is 21.9. The van der Waals surface area contributed by atoms with Crippen LogP contribution >= 0.6 is 0 Å². The van der Waals surface area contributed by atoms with Crippen LogP contribution in [0.25, 0.3) is 49.7 Å². The van der Waals surface area contributed by atoms with Gasteiger partial charge in [-0.2, -0.15) is 0 Å². The van der Waals surface area contributed by atoms with Crippen LogP contribution in [0, 0.1) is 0 Å². The summed E-state index contributed by atoms with van der Waals surface area (Å²) >= 11 is 0. The van der Waals surface area contributed by atoms with Gasteiger partial charge in [0.25, 0.3) is 0 Å². The maximum absolute atomic E-state index is 2.80. The molecule has 10 rings (SSSR count). The number of anilines is 1. The van der Waals surface area contributed by atoms with E-state index in [-0.39, 0.29) is 27.7 Å². The smallest absolute Gasteiger partial charge is 0.0629 e. The highest BCUT2D eigenvalue weighted by molar-refractivity contribution is 6.06. The zero-order chi connectivity index (χ0) is 47.8. The first-order valence-electron chi connectivity index (χ1n) is 25.4. The molecular formula is C67H71N. The molecule has 6 aromatic carbocycles. The highest BCUT2D eigenvalue weighted by Gasteiger charge is 2.40. The van der Waals surface area contributed by atoms with Crippen molar-refractivity contribution in [3.05, 3.63) is 214 Å². The van der Waals surface area contributed by atoms with Crippen LogP contribution in [0.15, 0.2) is 175 Å². The maximum atomic E-state index is 2.80. The van der Waals surface area contributed by atoms with Gasteiger partial charge >= 0.3 is 0 Å². The highest BCUT2D eigenvalue weighted by atomic mass is 15.2. The van der Waals surface area contributed by atoms with Gasteiger partial charge in [-0.3, -0.25) is 0 Å². The fourth-order valence-electron chi connectivity index (χ4n) is 11.6. The van der Waals surface area contributed by atoms with E-state index < -0.39 is 0 Å². The molecule has 4 aliphatic rings.